The van der Waals surface area contributed by atoms with Gasteiger partial charge in [0, 0.05) is 12.1 Å². The van der Waals surface area contributed by atoms with Crippen LogP contribution in [0.2, 0.25) is 0 Å². The second-order valence-corrected chi connectivity index (χ2v) is 5.73. The largest absolute Gasteiger partial charge is 0.311 e. The van der Waals surface area contributed by atoms with Gasteiger partial charge in [0.2, 0.25) is 0 Å². The van der Waals surface area contributed by atoms with Crippen LogP contribution in [0.4, 0.5) is 4.39 Å². The molecule has 0 heterocycles. The topological polar surface area (TPSA) is 12.0 Å². The van der Waals surface area contributed by atoms with Crippen LogP contribution in [-0.2, 0) is 6.42 Å². The zero-order chi connectivity index (χ0) is 13.0. The first-order valence-electron chi connectivity index (χ1n) is 7.15. The van der Waals surface area contributed by atoms with Gasteiger partial charge in [0.25, 0.3) is 0 Å². The molecule has 0 aliphatic heterocycles. The normalized spacial score (nSPS) is 19.9. The Balaban J connectivity index is 1.80. The number of halogens is 1. The summed E-state index contributed by atoms with van der Waals surface area (Å²) in [6.45, 7) is 4.52. The van der Waals surface area contributed by atoms with Crippen LogP contribution in [0.15, 0.2) is 24.3 Å². The molecule has 18 heavy (non-hydrogen) atoms. The number of hydrogen-bond acceptors (Lipinski definition) is 1. The lowest BCUT2D eigenvalue weighted by Gasteiger charge is -2.25. The molecule has 0 spiro atoms. The van der Waals surface area contributed by atoms with E-state index in [1.807, 2.05) is 12.1 Å². The van der Waals surface area contributed by atoms with E-state index in [2.05, 4.69) is 19.2 Å². The first-order valence-corrected chi connectivity index (χ1v) is 7.15. The van der Waals surface area contributed by atoms with Gasteiger partial charge in [0.1, 0.15) is 5.82 Å². The minimum Gasteiger partial charge on any atom is -0.311 e. The number of nitrogens with one attached hydrogen (secondary N) is 1. The van der Waals surface area contributed by atoms with Crippen molar-refractivity contribution in [1.82, 2.24) is 5.32 Å². The minimum absolute atomic E-state index is 0.154. The Kier molecular flexibility index (Phi) is 4.76. The lowest BCUT2D eigenvalue weighted by Crippen LogP contribution is -2.39. The fourth-order valence-electron chi connectivity index (χ4n) is 3.08. The van der Waals surface area contributed by atoms with Crippen molar-refractivity contribution in [1.29, 1.82) is 0 Å². The summed E-state index contributed by atoms with van der Waals surface area (Å²) in [6, 6.07) is 7.90. The molecule has 1 saturated carbocycles. The van der Waals surface area contributed by atoms with Gasteiger partial charge in [-0.05, 0) is 56.7 Å². The van der Waals surface area contributed by atoms with Crippen molar-refractivity contribution in [2.75, 3.05) is 0 Å². The lowest BCUT2D eigenvalue weighted by molar-refractivity contribution is 0.348. The van der Waals surface area contributed by atoms with Gasteiger partial charge in [-0.2, -0.15) is 0 Å². The van der Waals surface area contributed by atoms with Gasteiger partial charge >= 0.3 is 0 Å². The van der Waals surface area contributed by atoms with Crippen molar-refractivity contribution >= 4 is 0 Å². The highest BCUT2D eigenvalue weighted by Crippen LogP contribution is 2.27. The van der Waals surface area contributed by atoms with Crippen molar-refractivity contribution in [2.24, 2.45) is 5.92 Å². The van der Waals surface area contributed by atoms with Crippen LogP contribution in [0, 0.1) is 11.7 Å². The molecule has 1 aliphatic rings. The van der Waals surface area contributed by atoms with E-state index in [0.717, 1.165) is 12.3 Å². The Labute approximate surface area is 110 Å². The molecule has 0 aromatic heterocycles. The fourth-order valence-corrected chi connectivity index (χ4v) is 3.08. The van der Waals surface area contributed by atoms with Gasteiger partial charge in [-0.1, -0.05) is 25.0 Å². The Bertz CT molecular complexity index is 354. The summed E-state index contributed by atoms with van der Waals surface area (Å²) in [5.74, 6) is 0.694. The van der Waals surface area contributed by atoms with Gasteiger partial charge < -0.3 is 5.32 Å². The quantitative estimate of drug-likeness (QED) is 0.834. The van der Waals surface area contributed by atoms with Crippen LogP contribution in [0.25, 0.3) is 0 Å². The van der Waals surface area contributed by atoms with E-state index in [1.54, 1.807) is 12.1 Å². The average Bonchev–Trinajstić information content (AvgIpc) is 2.85. The van der Waals surface area contributed by atoms with E-state index in [1.165, 1.54) is 31.2 Å². The number of hydrogen-bond donors (Lipinski definition) is 1. The molecule has 100 valence electrons. The monoisotopic (exact) mass is 249 g/mol. The van der Waals surface area contributed by atoms with Crippen molar-refractivity contribution in [3.05, 3.63) is 35.6 Å². The van der Waals surface area contributed by atoms with Crippen molar-refractivity contribution in [3.8, 4) is 0 Å². The highest BCUT2D eigenvalue weighted by Gasteiger charge is 2.22. The van der Waals surface area contributed by atoms with Crippen LogP contribution in [0.3, 0.4) is 0 Å². The number of benzene rings is 1. The Morgan fingerprint density at radius 3 is 2.39 bits per heavy atom. The SMILES string of the molecule is CC(Cc1ccc(F)cc1)N[C@H](C)C1CCCC1. The summed E-state index contributed by atoms with van der Waals surface area (Å²) < 4.78 is 12.8. The summed E-state index contributed by atoms with van der Waals surface area (Å²) in [4.78, 5) is 0. The summed E-state index contributed by atoms with van der Waals surface area (Å²) in [6.07, 6.45) is 6.50. The molecule has 2 rings (SSSR count). The molecular formula is C16H24FN. The molecular weight excluding hydrogens is 225 g/mol. The highest BCUT2D eigenvalue weighted by molar-refractivity contribution is 5.17. The van der Waals surface area contributed by atoms with Gasteiger partial charge in [-0.3, -0.25) is 0 Å². The van der Waals surface area contributed by atoms with Crippen LogP contribution in [-0.4, -0.2) is 12.1 Å². The first-order chi connectivity index (χ1) is 8.65. The summed E-state index contributed by atoms with van der Waals surface area (Å²) in [5.41, 5.74) is 1.20. The second-order valence-electron chi connectivity index (χ2n) is 5.73. The Hall–Kier alpha value is -0.890. The second kappa shape index (κ2) is 6.33. The van der Waals surface area contributed by atoms with Gasteiger partial charge in [-0.25, -0.2) is 4.39 Å². The standard InChI is InChI=1S/C16H24FN/c1-12(11-14-7-9-16(17)10-8-14)18-13(2)15-5-3-4-6-15/h7-10,12-13,15,18H,3-6,11H2,1-2H3/t12?,13-/m1/s1. The molecule has 1 aromatic carbocycles. The molecule has 1 N–H and O–H groups in total. The van der Waals surface area contributed by atoms with Crippen molar-refractivity contribution in [3.63, 3.8) is 0 Å². The van der Waals surface area contributed by atoms with Crippen LogP contribution in [0.5, 0.6) is 0 Å². The number of rotatable bonds is 5. The van der Waals surface area contributed by atoms with E-state index in [4.69, 9.17) is 0 Å². The molecule has 0 amide bonds. The first kappa shape index (κ1) is 13.5. The summed E-state index contributed by atoms with van der Waals surface area (Å²) >= 11 is 0. The smallest absolute Gasteiger partial charge is 0.123 e. The average molecular weight is 249 g/mol. The molecule has 2 atom stereocenters. The van der Waals surface area contributed by atoms with Gasteiger partial charge in [0.05, 0.1) is 0 Å². The van der Waals surface area contributed by atoms with E-state index < -0.39 is 0 Å². The summed E-state index contributed by atoms with van der Waals surface area (Å²) in [7, 11) is 0. The summed E-state index contributed by atoms with van der Waals surface area (Å²) in [5, 5.41) is 3.69. The van der Waals surface area contributed by atoms with Crippen LogP contribution in [0.1, 0.15) is 45.1 Å². The van der Waals surface area contributed by atoms with E-state index in [0.29, 0.717) is 12.1 Å². The molecule has 0 bridgehead atoms. The van der Waals surface area contributed by atoms with E-state index in [-0.39, 0.29) is 5.82 Å². The third-order valence-electron chi connectivity index (χ3n) is 4.11. The van der Waals surface area contributed by atoms with E-state index >= 15 is 0 Å². The van der Waals surface area contributed by atoms with Crippen LogP contribution >= 0.6 is 0 Å². The molecule has 0 radical (unpaired) electrons. The molecule has 1 unspecified atom stereocenters. The van der Waals surface area contributed by atoms with Crippen LogP contribution < -0.4 is 5.32 Å². The lowest BCUT2D eigenvalue weighted by atomic mass is 9.98. The zero-order valence-electron chi connectivity index (χ0n) is 11.5. The minimum atomic E-state index is -0.154. The molecule has 2 heteroatoms. The molecule has 1 fully saturated rings. The maximum absolute atomic E-state index is 12.8. The highest BCUT2D eigenvalue weighted by atomic mass is 19.1. The van der Waals surface area contributed by atoms with Gasteiger partial charge in [0.15, 0.2) is 0 Å². The fraction of sp³-hybridized carbons (Fsp3) is 0.625. The molecule has 1 aromatic rings. The Morgan fingerprint density at radius 1 is 1.17 bits per heavy atom. The predicted molar refractivity (Wildman–Crippen MR) is 74.1 cm³/mol. The predicted octanol–water partition coefficient (Wildman–Crippen LogP) is 3.93. The van der Waals surface area contributed by atoms with Crippen molar-refractivity contribution in [2.45, 2.75) is 58.0 Å². The third-order valence-corrected chi connectivity index (χ3v) is 4.11. The third kappa shape index (κ3) is 3.81. The maximum atomic E-state index is 12.8. The van der Waals surface area contributed by atoms with Gasteiger partial charge in [-0.15, -0.1) is 0 Å². The molecule has 1 aliphatic carbocycles. The maximum Gasteiger partial charge on any atom is 0.123 e. The van der Waals surface area contributed by atoms with Crippen molar-refractivity contribution < 1.29 is 4.39 Å². The zero-order valence-corrected chi connectivity index (χ0v) is 11.5. The van der Waals surface area contributed by atoms with E-state index in [9.17, 15) is 4.39 Å². The molecule has 1 nitrogen and oxygen atoms in total. The molecule has 0 saturated heterocycles. The Morgan fingerprint density at radius 2 is 1.78 bits per heavy atom.